The molecule has 42 heavy (non-hydrogen) atoms. The van der Waals surface area contributed by atoms with Crippen LogP contribution in [-0.2, 0) is 33.8 Å². The van der Waals surface area contributed by atoms with Crippen LogP contribution in [0.25, 0.3) is 21.5 Å². The van der Waals surface area contributed by atoms with Crippen LogP contribution in [0.1, 0.15) is 59.1 Å². The van der Waals surface area contributed by atoms with E-state index in [0.717, 1.165) is 6.42 Å². The minimum atomic E-state index is -0.406. The van der Waals surface area contributed by atoms with Gasteiger partial charge in [-0.3, -0.25) is 6.08 Å². The van der Waals surface area contributed by atoms with Gasteiger partial charge in [0.1, 0.15) is 0 Å². The van der Waals surface area contributed by atoms with Crippen molar-refractivity contribution in [3.63, 3.8) is 0 Å². The van der Waals surface area contributed by atoms with Crippen LogP contribution in [0.5, 0.6) is 0 Å². The Morgan fingerprint density at radius 1 is 0.643 bits per heavy atom. The monoisotopic (exact) mass is 774 g/mol. The van der Waals surface area contributed by atoms with E-state index in [1.165, 1.54) is 66.0 Å². The van der Waals surface area contributed by atoms with Gasteiger partial charge in [-0.2, -0.15) is 6.08 Å². The number of fused-ring (bicyclic) bond motifs is 3. The van der Waals surface area contributed by atoms with Crippen molar-refractivity contribution in [2.45, 2.75) is 58.8 Å². The molecule has 0 spiro atoms. The van der Waals surface area contributed by atoms with E-state index in [1.54, 1.807) is 0 Å². The standard InChI is InChI=1S/C21H25.C12H10Si.C5H5.2ClH.Hf/c1-20(2,3)16-7-9-18-14(12-16)11-15-13-17(21(4,5)6)8-10-19(15)18;1-3-7-11(8-4-1)13-12-9-5-2-6-10-12;1-2-4-5-3-1;;;/h7-13H,1-6H3;1-10H;1-3H,4H2;2*1H;/q-1;;-1;;;+2/p-2. The molecule has 6 rings (SSSR count). The zero-order chi connectivity index (χ0) is 28.8. The van der Waals surface area contributed by atoms with Crippen LogP contribution in [0, 0.1) is 6.08 Å². The normalized spacial score (nSPS) is 12.0. The van der Waals surface area contributed by atoms with Crippen LogP contribution in [0.3, 0.4) is 0 Å². The van der Waals surface area contributed by atoms with Gasteiger partial charge in [0.15, 0.2) is 0 Å². The molecule has 0 N–H and O–H groups in total. The summed E-state index contributed by atoms with van der Waals surface area (Å²) in [5.74, 6) is 0. The van der Waals surface area contributed by atoms with E-state index in [1.807, 2.05) is 12.2 Å². The van der Waals surface area contributed by atoms with Crippen LogP contribution in [0.4, 0.5) is 0 Å². The molecule has 0 radical (unpaired) electrons. The number of rotatable bonds is 2. The van der Waals surface area contributed by atoms with E-state index in [-0.39, 0.29) is 35.6 Å². The number of allylic oxidation sites excluding steroid dienone is 4. The third kappa shape index (κ3) is 9.71. The fraction of sp³-hybridized carbons (Fsp3) is 0.237. The van der Waals surface area contributed by atoms with E-state index < -0.39 is 5.49 Å². The topological polar surface area (TPSA) is 0 Å². The summed E-state index contributed by atoms with van der Waals surface area (Å²) in [6.45, 7) is 13.6. The molecule has 5 aromatic rings. The average molecular weight is 774 g/mol. The van der Waals surface area contributed by atoms with Gasteiger partial charge in [0.2, 0.25) is 0 Å². The van der Waals surface area contributed by atoms with Crippen molar-refractivity contribution in [1.29, 1.82) is 0 Å². The quantitative estimate of drug-likeness (QED) is 0.192. The number of hydrogen-bond acceptors (Lipinski definition) is 0. The van der Waals surface area contributed by atoms with E-state index in [9.17, 15) is 0 Å². The van der Waals surface area contributed by atoms with Gasteiger partial charge < -0.3 is 24.8 Å². The molecule has 0 amide bonds. The molecule has 0 fully saturated rings. The van der Waals surface area contributed by atoms with Crippen molar-refractivity contribution >= 4 is 37.4 Å². The molecule has 216 valence electrons. The van der Waals surface area contributed by atoms with Gasteiger partial charge in [-0.05, 0) is 10.8 Å². The van der Waals surface area contributed by atoms with Crippen molar-refractivity contribution in [1.82, 2.24) is 0 Å². The Kier molecular flexibility index (Phi) is 13.8. The molecule has 0 unspecified atom stereocenters. The summed E-state index contributed by atoms with van der Waals surface area (Å²) in [5.41, 5.74) is 2.81. The molecule has 0 saturated heterocycles. The molecular formula is C38H40Cl2HfSi-2. The first-order valence-corrected chi connectivity index (χ1v) is 21.0. The zero-order valence-corrected chi connectivity index (χ0v) is 31.6. The molecule has 0 atom stereocenters. The first kappa shape index (κ1) is 36.1. The third-order valence-corrected chi connectivity index (χ3v) is 15.2. The van der Waals surface area contributed by atoms with Gasteiger partial charge in [-0.25, -0.2) is 12.2 Å². The van der Waals surface area contributed by atoms with Crippen molar-refractivity contribution in [3.05, 3.63) is 139 Å². The van der Waals surface area contributed by atoms with Gasteiger partial charge in [0.25, 0.3) is 0 Å². The van der Waals surface area contributed by atoms with Gasteiger partial charge in [-0.1, -0.05) is 76.9 Å². The van der Waals surface area contributed by atoms with E-state index in [0.29, 0.717) is 0 Å². The van der Waals surface area contributed by atoms with E-state index >= 15 is 0 Å². The molecule has 1 aliphatic rings. The van der Waals surface area contributed by atoms with Crippen LogP contribution in [0.15, 0.2) is 121 Å². The summed E-state index contributed by atoms with van der Waals surface area (Å²) in [4.78, 5) is 0. The summed E-state index contributed by atoms with van der Waals surface area (Å²) in [6, 6.07) is 37.9. The molecule has 0 nitrogen and oxygen atoms in total. The second-order valence-corrected chi connectivity index (χ2v) is 19.7. The first-order chi connectivity index (χ1) is 19.0. The Bertz CT molecular complexity index is 1510. The fourth-order valence-electron chi connectivity index (χ4n) is 4.67. The van der Waals surface area contributed by atoms with Crippen molar-refractivity contribution in [2.24, 2.45) is 0 Å². The average Bonchev–Trinajstić information content (AvgIpc) is 3.64. The summed E-state index contributed by atoms with van der Waals surface area (Å²) in [6.07, 6.45) is 10.0. The zero-order valence-electron chi connectivity index (χ0n) is 25.5. The molecular weight excluding hydrogens is 734 g/mol. The van der Waals surface area contributed by atoms with E-state index in [4.69, 9.17) is 0 Å². The molecule has 0 heterocycles. The SMILES string of the molecule is CC(C)(C)c1ccc2c(c1)[cH-]c1cc(C(C)(C)C)ccc12.[C-]1=CC=CC1.[Cl-].[Cl-].[Hf+2]=[Si](c1ccccc1)c1ccccc1. The summed E-state index contributed by atoms with van der Waals surface area (Å²) < 4.78 is 0. The van der Waals surface area contributed by atoms with Crippen LogP contribution >= 0.6 is 0 Å². The number of hydrogen-bond donors (Lipinski definition) is 0. The van der Waals surface area contributed by atoms with Gasteiger partial charge in [-0.15, -0.1) is 46.2 Å². The Hall–Kier alpha value is -2.10. The van der Waals surface area contributed by atoms with Crippen LogP contribution < -0.4 is 35.2 Å². The summed E-state index contributed by atoms with van der Waals surface area (Å²) in [5, 5.41) is 8.55. The molecule has 4 heteroatoms. The maximum atomic E-state index is 2.99. The molecule has 1 aliphatic carbocycles. The van der Waals surface area contributed by atoms with Gasteiger partial charge >= 0.3 is 99.5 Å². The Morgan fingerprint density at radius 2 is 1.07 bits per heavy atom. The first-order valence-electron chi connectivity index (χ1n) is 14.1. The summed E-state index contributed by atoms with van der Waals surface area (Å²) in [7, 11) is 0. The molecule has 0 bridgehead atoms. The molecule has 0 saturated carbocycles. The fourth-order valence-corrected chi connectivity index (χ4v) is 9.65. The van der Waals surface area contributed by atoms with Crippen LogP contribution in [0.2, 0.25) is 0 Å². The molecule has 5 aromatic carbocycles. The maximum absolute atomic E-state index is 2.99. The van der Waals surface area contributed by atoms with Gasteiger partial charge in [0.05, 0.1) is 0 Å². The predicted molar refractivity (Wildman–Crippen MR) is 174 cm³/mol. The second-order valence-electron chi connectivity index (χ2n) is 12.4. The molecule has 0 aromatic heterocycles. The number of benzene rings is 4. The third-order valence-electron chi connectivity index (χ3n) is 7.15. The van der Waals surface area contributed by atoms with Crippen molar-refractivity contribution < 1.29 is 47.8 Å². The van der Waals surface area contributed by atoms with E-state index in [2.05, 4.69) is 157 Å². The van der Waals surface area contributed by atoms with Crippen molar-refractivity contribution in [2.75, 3.05) is 0 Å². The molecule has 0 aliphatic heterocycles. The Morgan fingerprint density at radius 3 is 1.38 bits per heavy atom. The van der Waals surface area contributed by atoms with Gasteiger partial charge in [0, 0.05) is 0 Å². The summed E-state index contributed by atoms with van der Waals surface area (Å²) >= 11 is 1.27. The predicted octanol–water partition coefficient (Wildman–Crippen LogP) is 2.96. The number of halogens is 2. The minimum absolute atomic E-state index is 0. The Balaban J connectivity index is 0.000000253. The van der Waals surface area contributed by atoms with Crippen molar-refractivity contribution in [3.8, 4) is 0 Å². The van der Waals surface area contributed by atoms with Crippen LogP contribution in [-0.4, -0.2) is 5.49 Å². The Labute approximate surface area is 280 Å². The second kappa shape index (κ2) is 16.1.